The van der Waals surface area contributed by atoms with Gasteiger partial charge in [0.15, 0.2) is 0 Å². The second-order valence-electron chi connectivity index (χ2n) is 3.02. The second kappa shape index (κ2) is 2.23. The van der Waals surface area contributed by atoms with Gasteiger partial charge in [-0.15, -0.1) is 0 Å². The highest BCUT2D eigenvalue weighted by atomic mass is 16.7. The molecule has 0 atom stereocenters. The van der Waals surface area contributed by atoms with Gasteiger partial charge < -0.3 is 10.2 Å². The predicted molar refractivity (Wildman–Crippen MR) is 39.0 cm³/mol. The number of hydrogen-bond acceptors (Lipinski definition) is 3. The first kappa shape index (κ1) is 6.16. The SMILES string of the molecule is C1=NOC2(C1)CCNCC2. The first-order valence-corrected chi connectivity index (χ1v) is 3.82. The maximum atomic E-state index is 5.31. The Labute approximate surface area is 60.4 Å². The third-order valence-corrected chi connectivity index (χ3v) is 2.30. The summed E-state index contributed by atoms with van der Waals surface area (Å²) in [5.74, 6) is 0. The molecule has 0 amide bonds. The normalized spacial score (nSPS) is 28.8. The summed E-state index contributed by atoms with van der Waals surface area (Å²) in [6.45, 7) is 2.15. The highest BCUT2D eigenvalue weighted by molar-refractivity contribution is 5.59. The van der Waals surface area contributed by atoms with Crippen LogP contribution in [0.3, 0.4) is 0 Å². The molecule has 0 radical (unpaired) electrons. The summed E-state index contributed by atoms with van der Waals surface area (Å²) < 4.78 is 0. The van der Waals surface area contributed by atoms with Crippen LogP contribution in [0.2, 0.25) is 0 Å². The van der Waals surface area contributed by atoms with Gasteiger partial charge in [-0.05, 0) is 13.1 Å². The topological polar surface area (TPSA) is 33.6 Å². The Hall–Kier alpha value is -0.570. The van der Waals surface area contributed by atoms with Crippen molar-refractivity contribution >= 4 is 6.21 Å². The van der Waals surface area contributed by atoms with E-state index in [2.05, 4.69) is 10.5 Å². The maximum Gasteiger partial charge on any atom is 0.145 e. The molecule has 3 nitrogen and oxygen atoms in total. The van der Waals surface area contributed by atoms with E-state index in [-0.39, 0.29) is 5.60 Å². The Bertz CT molecular complexity index is 140. The smallest absolute Gasteiger partial charge is 0.145 e. The third-order valence-electron chi connectivity index (χ3n) is 2.30. The van der Waals surface area contributed by atoms with Crippen LogP contribution in [0, 0.1) is 0 Å². The second-order valence-corrected chi connectivity index (χ2v) is 3.02. The zero-order chi connectivity index (χ0) is 6.86. The Morgan fingerprint density at radius 2 is 2.20 bits per heavy atom. The minimum Gasteiger partial charge on any atom is -0.389 e. The fraction of sp³-hybridized carbons (Fsp3) is 0.857. The summed E-state index contributed by atoms with van der Waals surface area (Å²) in [4.78, 5) is 5.31. The molecule has 1 fully saturated rings. The summed E-state index contributed by atoms with van der Waals surface area (Å²) >= 11 is 0. The van der Waals surface area contributed by atoms with Crippen molar-refractivity contribution in [1.82, 2.24) is 5.32 Å². The quantitative estimate of drug-likeness (QED) is 0.532. The lowest BCUT2D eigenvalue weighted by Crippen LogP contribution is -2.41. The van der Waals surface area contributed by atoms with Crippen molar-refractivity contribution in [3.63, 3.8) is 0 Å². The van der Waals surface area contributed by atoms with E-state index in [9.17, 15) is 0 Å². The lowest BCUT2D eigenvalue weighted by molar-refractivity contribution is -0.0400. The van der Waals surface area contributed by atoms with Gasteiger partial charge in [0.25, 0.3) is 0 Å². The molecule has 2 rings (SSSR count). The standard InChI is InChI=1S/C7H12N2O/c1-4-8-5-2-7(1)3-6-9-10-7/h6,8H,1-5H2. The molecular formula is C7H12N2O. The van der Waals surface area contributed by atoms with Gasteiger partial charge in [-0.2, -0.15) is 0 Å². The van der Waals surface area contributed by atoms with Crippen molar-refractivity contribution in [2.24, 2.45) is 5.16 Å². The molecule has 2 heterocycles. The third kappa shape index (κ3) is 0.904. The Kier molecular flexibility index (Phi) is 1.38. The molecule has 0 aromatic rings. The number of nitrogens with zero attached hydrogens (tertiary/aromatic N) is 1. The zero-order valence-electron chi connectivity index (χ0n) is 5.97. The Morgan fingerprint density at radius 1 is 1.40 bits per heavy atom. The van der Waals surface area contributed by atoms with Crippen LogP contribution < -0.4 is 5.32 Å². The van der Waals surface area contributed by atoms with Gasteiger partial charge in [-0.25, -0.2) is 0 Å². The van der Waals surface area contributed by atoms with Crippen molar-refractivity contribution in [1.29, 1.82) is 0 Å². The van der Waals surface area contributed by atoms with Crippen LogP contribution in [0.15, 0.2) is 5.16 Å². The summed E-state index contributed by atoms with van der Waals surface area (Å²) in [6.07, 6.45) is 5.10. The maximum absolute atomic E-state index is 5.31. The van der Waals surface area contributed by atoms with Crippen LogP contribution >= 0.6 is 0 Å². The Balaban J connectivity index is 2.00. The van der Waals surface area contributed by atoms with Crippen LogP contribution in [-0.4, -0.2) is 24.9 Å². The molecular weight excluding hydrogens is 128 g/mol. The fourth-order valence-electron chi connectivity index (χ4n) is 1.57. The lowest BCUT2D eigenvalue weighted by Gasteiger charge is -2.30. The van der Waals surface area contributed by atoms with Crippen molar-refractivity contribution in [3.8, 4) is 0 Å². The van der Waals surface area contributed by atoms with E-state index in [0.717, 1.165) is 32.4 Å². The number of nitrogens with one attached hydrogen (secondary N) is 1. The molecule has 0 aromatic heterocycles. The van der Waals surface area contributed by atoms with Gasteiger partial charge in [-0.1, -0.05) is 5.16 Å². The van der Waals surface area contributed by atoms with Crippen LogP contribution in [0.4, 0.5) is 0 Å². The molecule has 1 saturated heterocycles. The summed E-state index contributed by atoms with van der Waals surface area (Å²) in [6, 6.07) is 0. The van der Waals surface area contributed by atoms with Crippen molar-refractivity contribution in [2.45, 2.75) is 24.9 Å². The minimum atomic E-state index is 0.0885. The molecule has 0 bridgehead atoms. The van der Waals surface area contributed by atoms with E-state index in [1.807, 2.05) is 6.21 Å². The van der Waals surface area contributed by atoms with E-state index in [0.29, 0.717) is 0 Å². The van der Waals surface area contributed by atoms with Crippen LogP contribution in [-0.2, 0) is 4.84 Å². The van der Waals surface area contributed by atoms with E-state index in [4.69, 9.17) is 4.84 Å². The molecule has 0 aliphatic carbocycles. The molecule has 10 heavy (non-hydrogen) atoms. The average Bonchev–Trinajstić information content (AvgIpc) is 2.39. The predicted octanol–water partition coefficient (Wildman–Crippen LogP) is 0.515. The molecule has 3 heteroatoms. The molecule has 1 N–H and O–H groups in total. The molecule has 2 aliphatic heterocycles. The van der Waals surface area contributed by atoms with Gasteiger partial charge in [0, 0.05) is 25.5 Å². The van der Waals surface area contributed by atoms with Gasteiger partial charge in [-0.3, -0.25) is 0 Å². The van der Waals surface area contributed by atoms with E-state index in [1.165, 1.54) is 0 Å². The van der Waals surface area contributed by atoms with Crippen molar-refractivity contribution in [3.05, 3.63) is 0 Å². The molecule has 0 saturated carbocycles. The number of piperidine rings is 1. The van der Waals surface area contributed by atoms with Gasteiger partial charge in [0.05, 0.1) is 0 Å². The Morgan fingerprint density at radius 3 is 2.80 bits per heavy atom. The highest BCUT2D eigenvalue weighted by Crippen LogP contribution is 2.29. The average molecular weight is 140 g/mol. The zero-order valence-corrected chi connectivity index (χ0v) is 5.97. The number of hydrogen-bond donors (Lipinski definition) is 1. The van der Waals surface area contributed by atoms with E-state index in [1.54, 1.807) is 0 Å². The van der Waals surface area contributed by atoms with E-state index < -0.39 is 0 Å². The fourth-order valence-corrected chi connectivity index (χ4v) is 1.57. The van der Waals surface area contributed by atoms with E-state index >= 15 is 0 Å². The van der Waals surface area contributed by atoms with Gasteiger partial charge >= 0.3 is 0 Å². The van der Waals surface area contributed by atoms with Gasteiger partial charge in [0.1, 0.15) is 5.60 Å². The van der Waals surface area contributed by atoms with Gasteiger partial charge in [0.2, 0.25) is 0 Å². The van der Waals surface area contributed by atoms with Crippen LogP contribution in [0.1, 0.15) is 19.3 Å². The first-order chi connectivity index (χ1) is 4.91. The monoisotopic (exact) mass is 140 g/mol. The number of oxime groups is 1. The summed E-state index contributed by atoms with van der Waals surface area (Å²) in [5, 5.41) is 7.11. The highest BCUT2D eigenvalue weighted by Gasteiger charge is 2.36. The summed E-state index contributed by atoms with van der Waals surface area (Å²) in [5.41, 5.74) is 0.0885. The largest absolute Gasteiger partial charge is 0.389 e. The number of rotatable bonds is 0. The molecule has 0 unspecified atom stereocenters. The first-order valence-electron chi connectivity index (χ1n) is 3.82. The summed E-state index contributed by atoms with van der Waals surface area (Å²) in [7, 11) is 0. The molecule has 0 aromatic carbocycles. The van der Waals surface area contributed by atoms with Crippen molar-refractivity contribution in [2.75, 3.05) is 13.1 Å². The van der Waals surface area contributed by atoms with Crippen LogP contribution in [0.5, 0.6) is 0 Å². The molecule has 1 spiro atoms. The molecule has 2 aliphatic rings. The van der Waals surface area contributed by atoms with Crippen molar-refractivity contribution < 1.29 is 4.84 Å². The van der Waals surface area contributed by atoms with Crippen LogP contribution in [0.25, 0.3) is 0 Å². The minimum absolute atomic E-state index is 0.0885. The lowest BCUT2D eigenvalue weighted by atomic mass is 9.90. The molecule has 56 valence electrons.